The van der Waals surface area contributed by atoms with E-state index in [-0.39, 0.29) is 33.3 Å². The number of ketones is 1. The summed E-state index contributed by atoms with van der Waals surface area (Å²) in [4.78, 5) is 25.9. The van der Waals surface area contributed by atoms with Crippen LogP contribution in [0.5, 0.6) is 5.75 Å². The van der Waals surface area contributed by atoms with Crippen LogP contribution in [0.25, 0.3) is 55.4 Å². The van der Waals surface area contributed by atoms with Gasteiger partial charge < -0.3 is 10.2 Å². The third-order valence-corrected chi connectivity index (χ3v) is 11.7. The van der Waals surface area contributed by atoms with Crippen LogP contribution in [0.15, 0.2) is 127 Å². The van der Waals surface area contributed by atoms with Crippen molar-refractivity contribution < 1.29 is 19.8 Å². The first-order chi connectivity index (χ1) is 26.5. The predicted octanol–water partition coefficient (Wildman–Crippen LogP) is 13.3. The second kappa shape index (κ2) is 13.3. The number of carbonyl (C=O) groups is 2. The van der Waals surface area contributed by atoms with E-state index in [1.165, 1.54) is 51.4 Å². The minimum atomic E-state index is -1.21. The lowest BCUT2D eigenvalue weighted by atomic mass is 9.63. The maximum absolute atomic E-state index is 14.4. The van der Waals surface area contributed by atoms with E-state index in [9.17, 15) is 19.8 Å². The van der Waals surface area contributed by atoms with Crippen LogP contribution >= 0.6 is 0 Å². The average Bonchev–Trinajstić information content (AvgIpc) is 3.14. The van der Waals surface area contributed by atoms with Gasteiger partial charge in [-0.05, 0) is 131 Å². The molecule has 4 heteroatoms. The van der Waals surface area contributed by atoms with Gasteiger partial charge in [-0.2, -0.15) is 0 Å². The summed E-state index contributed by atoms with van der Waals surface area (Å²) in [6, 6.07) is 34.5. The van der Waals surface area contributed by atoms with E-state index in [4.69, 9.17) is 0 Å². The summed E-state index contributed by atoms with van der Waals surface area (Å²) in [5.74, 6) is -1.75. The van der Waals surface area contributed by atoms with Crippen molar-refractivity contribution in [3.05, 3.63) is 160 Å². The van der Waals surface area contributed by atoms with E-state index < -0.39 is 5.97 Å². The Hall–Kier alpha value is -6.00. The van der Waals surface area contributed by atoms with Gasteiger partial charge in [-0.3, -0.25) is 4.79 Å². The Bertz CT molecular complexity index is 2710. The lowest BCUT2D eigenvalue weighted by Gasteiger charge is -2.40. The molecule has 6 aromatic rings. The fourth-order valence-corrected chi connectivity index (χ4v) is 8.98. The van der Waals surface area contributed by atoms with E-state index in [1.54, 1.807) is 12.1 Å². The van der Waals surface area contributed by atoms with Crippen molar-refractivity contribution in [1.29, 1.82) is 0 Å². The van der Waals surface area contributed by atoms with E-state index in [0.717, 1.165) is 51.3 Å². The normalized spacial score (nSPS) is 16.0. The first-order valence-electron chi connectivity index (χ1n) is 19.5. The second-order valence-electron chi connectivity index (χ2n) is 18.0. The average molecular weight is 737 g/mol. The summed E-state index contributed by atoms with van der Waals surface area (Å²) in [7, 11) is 0. The molecule has 0 amide bonds. The highest BCUT2D eigenvalue weighted by atomic mass is 16.4. The predicted molar refractivity (Wildman–Crippen MR) is 232 cm³/mol. The van der Waals surface area contributed by atoms with Crippen LogP contribution in [0.3, 0.4) is 0 Å². The molecular weight excluding hydrogens is 689 g/mol. The summed E-state index contributed by atoms with van der Waals surface area (Å²) >= 11 is 0. The molecular formula is C52H48O4. The molecule has 6 aromatic carbocycles. The van der Waals surface area contributed by atoms with Gasteiger partial charge in [-0.25, -0.2) is 4.79 Å². The molecule has 0 radical (unpaired) electrons. The van der Waals surface area contributed by atoms with Crippen molar-refractivity contribution in [3.63, 3.8) is 0 Å². The molecule has 56 heavy (non-hydrogen) atoms. The molecule has 280 valence electrons. The van der Waals surface area contributed by atoms with E-state index >= 15 is 0 Å². The SMILES string of the molecule is CC1(C)C=CC2=C(C1)CC(C)(C)c1c2ccc2cc(-c3ccc4ccccc4c3C(=O)/C=C/c3ccc(C(=O)O)c(O)c3)cc(-c3ccc(C(C)(C)C)cc3)c12. The lowest BCUT2D eigenvalue weighted by molar-refractivity contribution is 0.0693. The number of allylic oxidation sites excluding steroid dienone is 5. The van der Waals surface area contributed by atoms with Crippen LogP contribution in [0.2, 0.25) is 0 Å². The zero-order valence-corrected chi connectivity index (χ0v) is 33.2. The molecule has 0 spiro atoms. The van der Waals surface area contributed by atoms with E-state index in [0.29, 0.717) is 11.1 Å². The van der Waals surface area contributed by atoms with Crippen LogP contribution in [0.1, 0.15) is 104 Å². The van der Waals surface area contributed by atoms with Gasteiger partial charge in [0.15, 0.2) is 5.78 Å². The van der Waals surface area contributed by atoms with E-state index in [2.05, 4.69) is 121 Å². The molecule has 2 aliphatic carbocycles. The van der Waals surface area contributed by atoms with Crippen LogP contribution in [-0.2, 0) is 10.8 Å². The Morgan fingerprint density at radius 1 is 0.732 bits per heavy atom. The number of carboxylic acid groups (broad SMARTS) is 1. The molecule has 0 fully saturated rings. The number of fused-ring (bicyclic) bond motifs is 5. The fourth-order valence-electron chi connectivity index (χ4n) is 8.98. The quantitative estimate of drug-likeness (QED) is 0.132. The summed E-state index contributed by atoms with van der Waals surface area (Å²) in [6.07, 6.45) is 9.92. The molecule has 2 N–H and O–H groups in total. The highest BCUT2D eigenvalue weighted by Crippen LogP contribution is 2.53. The largest absolute Gasteiger partial charge is 0.507 e. The van der Waals surface area contributed by atoms with Crippen LogP contribution in [0, 0.1) is 5.41 Å². The van der Waals surface area contributed by atoms with Crippen LogP contribution < -0.4 is 0 Å². The van der Waals surface area contributed by atoms with Gasteiger partial charge in [0.25, 0.3) is 0 Å². The maximum Gasteiger partial charge on any atom is 0.339 e. The molecule has 0 saturated heterocycles. The zero-order chi connectivity index (χ0) is 39.7. The molecule has 0 heterocycles. The Balaban J connectivity index is 1.36. The number of carbonyl (C=O) groups excluding carboxylic acids is 1. The number of benzene rings is 6. The number of phenols is 1. The van der Waals surface area contributed by atoms with Crippen LogP contribution in [0.4, 0.5) is 0 Å². The molecule has 0 aliphatic heterocycles. The topological polar surface area (TPSA) is 74.6 Å². The molecule has 4 nitrogen and oxygen atoms in total. The van der Waals surface area contributed by atoms with Crippen molar-refractivity contribution in [3.8, 4) is 28.0 Å². The number of carboxylic acids is 1. The summed E-state index contributed by atoms with van der Waals surface area (Å²) in [5, 5.41) is 23.9. The number of aromatic carboxylic acids is 1. The first-order valence-corrected chi connectivity index (χ1v) is 19.5. The molecule has 0 bridgehead atoms. The van der Waals surface area contributed by atoms with Crippen molar-refractivity contribution in [2.24, 2.45) is 5.41 Å². The summed E-state index contributed by atoms with van der Waals surface area (Å²) in [5.41, 5.74) is 11.9. The molecule has 0 saturated carbocycles. The van der Waals surface area contributed by atoms with Crippen molar-refractivity contribution in [2.45, 2.75) is 72.1 Å². The summed E-state index contributed by atoms with van der Waals surface area (Å²) in [6.45, 7) is 16.1. The van der Waals surface area contributed by atoms with Gasteiger partial charge in [-0.15, -0.1) is 0 Å². The van der Waals surface area contributed by atoms with Gasteiger partial charge >= 0.3 is 5.97 Å². The highest BCUT2D eigenvalue weighted by Gasteiger charge is 2.37. The maximum atomic E-state index is 14.4. The van der Waals surface area contributed by atoms with Crippen molar-refractivity contribution in [1.82, 2.24) is 0 Å². The highest BCUT2D eigenvalue weighted by molar-refractivity contribution is 6.19. The Labute approximate surface area is 329 Å². The summed E-state index contributed by atoms with van der Waals surface area (Å²) < 4.78 is 0. The van der Waals surface area contributed by atoms with Crippen LogP contribution in [-0.4, -0.2) is 22.0 Å². The molecule has 2 aliphatic rings. The first kappa shape index (κ1) is 36.9. The number of hydrogen-bond donors (Lipinski definition) is 2. The lowest BCUT2D eigenvalue weighted by Crippen LogP contribution is -2.28. The van der Waals surface area contributed by atoms with Crippen molar-refractivity contribution in [2.75, 3.05) is 0 Å². The Morgan fingerprint density at radius 3 is 2.16 bits per heavy atom. The van der Waals surface area contributed by atoms with Gasteiger partial charge in [0.1, 0.15) is 11.3 Å². The minimum absolute atomic E-state index is 0.0124. The molecule has 0 atom stereocenters. The molecule has 8 rings (SSSR count). The number of hydrogen-bond acceptors (Lipinski definition) is 3. The third kappa shape index (κ3) is 6.57. The van der Waals surface area contributed by atoms with Gasteiger partial charge in [0.2, 0.25) is 0 Å². The van der Waals surface area contributed by atoms with Gasteiger partial charge in [0.05, 0.1) is 0 Å². The fraction of sp³-hybridized carbons (Fsp3) is 0.231. The zero-order valence-electron chi connectivity index (χ0n) is 33.2. The van der Waals surface area contributed by atoms with Gasteiger partial charge in [0, 0.05) is 5.56 Å². The number of aromatic hydroxyl groups is 1. The Morgan fingerprint density at radius 2 is 1.45 bits per heavy atom. The van der Waals surface area contributed by atoms with Crippen molar-refractivity contribution >= 4 is 44.9 Å². The van der Waals surface area contributed by atoms with Gasteiger partial charge in [-0.1, -0.05) is 151 Å². The minimum Gasteiger partial charge on any atom is -0.507 e. The third-order valence-electron chi connectivity index (χ3n) is 11.7. The standard InChI is InChI=1S/C52H48O4/c1-50(2,3)37-18-14-33(15-19-37)43-28-35(27-34-17-22-41-38-24-25-51(4,5)29-36(38)30-52(6,7)48(41)46(34)43)40-21-16-32-10-8-9-11-39(32)47(40)44(53)23-13-31-12-20-42(49(55)56)45(54)26-31/h8-28,54H,29-30H2,1-7H3,(H,55,56)/b23-13+. The number of rotatable bonds is 6. The van der Waals surface area contributed by atoms with E-state index in [1.807, 2.05) is 24.3 Å². The smallest absolute Gasteiger partial charge is 0.339 e. The molecule has 0 unspecified atom stereocenters. The second-order valence-corrected chi connectivity index (χ2v) is 18.0. The Kier molecular flexibility index (Phi) is 8.80. The monoisotopic (exact) mass is 736 g/mol. The molecule has 0 aromatic heterocycles.